The minimum absolute atomic E-state index is 0.0709. The summed E-state index contributed by atoms with van der Waals surface area (Å²) >= 11 is 0. The second-order valence-corrected chi connectivity index (χ2v) is 7.07. The molecule has 1 aliphatic heterocycles. The van der Waals surface area contributed by atoms with E-state index in [0.29, 0.717) is 28.2 Å². The number of pyridine rings is 1. The first-order valence-corrected chi connectivity index (χ1v) is 9.51. The summed E-state index contributed by atoms with van der Waals surface area (Å²) in [4.78, 5) is 18.4. The number of ether oxygens (including phenoxy) is 2. The van der Waals surface area contributed by atoms with Gasteiger partial charge in [-0.15, -0.1) is 0 Å². The molecule has 0 radical (unpaired) electrons. The molecule has 2 heterocycles. The molecule has 7 heteroatoms. The van der Waals surface area contributed by atoms with Gasteiger partial charge in [-0.3, -0.25) is 9.78 Å². The average Bonchev–Trinajstić information content (AvgIpc) is 2.74. The highest BCUT2D eigenvalue weighted by Crippen LogP contribution is 2.35. The molecule has 1 aromatic heterocycles. The summed E-state index contributed by atoms with van der Waals surface area (Å²) in [6.45, 7) is 1.91. The molecule has 1 saturated heterocycles. The third-order valence-electron chi connectivity index (χ3n) is 5.02. The number of aryl methyl sites for hydroxylation is 1. The number of aromatic nitrogens is 1. The van der Waals surface area contributed by atoms with Gasteiger partial charge in [-0.25, -0.2) is 8.78 Å². The predicted octanol–water partition coefficient (Wildman–Crippen LogP) is 4.56. The van der Waals surface area contributed by atoms with Crippen LogP contribution in [0.5, 0.6) is 11.5 Å². The number of hydrogen-bond acceptors (Lipinski definition) is 4. The van der Waals surface area contributed by atoms with E-state index in [1.807, 2.05) is 0 Å². The zero-order valence-corrected chi connectivity index (χ0v) is 16.3. The van der Waals surface area contributed by atoms with Crippen molar-refractivity contribution in [3.8, 4) is 11.5 Å². The van der Waals surface area contributed by atoms with Crippen LogP contribution in [0.1, 0.15) is 22.7 Å². The van der Waals surface area contributed by atoms with Gasteiger partial charge in [-0.05, 0) is 42.8 Å². The van der Waals surface area contributed by atoms with Crippen molar-refractivity contribution < 1.29 is 23.0 Å². The number of morpholine rings is 1. The molecule has 0 saturated carbocycles. The Hall–Kier alpha value is -3.32. The Balaban J connectivity index is 1.66. The van der Waals surface area contributed by atoms with Crippen molar-refractivity contribution in [2.24, 2.45) is 0 Å². The fourth-order valence-corrected chi connectivity index (χ4v) is 3.42. The van der Waals surface area contributed by atoms with Crippen LogP contribution >= 0.6 is 0 Å². The van der Waals surface area contributed by atoms with Crippen molar-refractivity contribution in [1.29, 1.82) is 0 Å². The third-order valence-corrected chi connectivity index (χ3v) is 5.02. The average molecular weight is 410 g/mol. The van der Waals surface area contributed by atoms with Gasteiger partial charge in [0.2, 0.25) is 5.91 Å². The molecule has 1 aliphatic rings. The number of hydrogen-bond donors (Lipinski definition) is 0. The summed E-state index contributed by atoms with van der Waals surface area (Å²) in [5.74, 6) is -0.00976. The van der Waals surface area contributed by atoms with Crippen molar-refractivity contribution in [1.82, 2.24) is 9.88 Å². The molecule has 0 N–H and O–H groups in total. The number of carbonyl (C=O) groups excluding carboxylic acids is 1. The van der Waals surface area contributed by atoms with E-state index >= 15 is 0 Å². The highest BCUT2D eigenvalue weighted by atomic mass is 19.1. The number of carbonyl (C=O) groups is 1. The quantitative estimate of drug-likeness (QED) is 0.619. The topological polar surface area (TPSA) is 51.7 Å². The Labute approximate surface area is 172 Å². The van der Waals surface area contributed by atoms with E-state index in [4.69, 9.17) is 9.47 Å². The number of nitrogens with zero attached hydrogens (tertiary/aromatic N) is 2. The first kappa shape index (κ1) is 20.0. The summed E-state index contributed by atoms with van der Waals surface area (Å²) in [5.41, 5.74) is 1.50. The van der Waals surface area contributed by atoms with Gasteiger partial charge in [-0.2, -0.15) is 0 Å². The summed E-state index contributed by atoms with van der Waals surface area (Å²) in [7, 11) is 0. The molecule has 30 heavy (non-hydrogen) atoms. The van der Waals surface area contributed by atoms with Crippen molar-refractivity contribution in [2.75, 3.05) is 13.2 Å². The lowest BCUT2D eigenvalue weighted by Crippen LogP contribution is -2.43. The first-order valence-electron chi connectivity index (χ1n) is 9.51. The molecule has 1 atom stereocenters. The van der Waals surface area contributed by atoms with E-state index in [9.17, 15) is 13.6 Å². The molecule has 1 amide bonds. The summed E-state index contributed by atoms with van der Waals surface area (Å²) in [5, 5.41) is 0. The Kier molecular flexibility index (Phi) is 5.72. The highest BCUT2D eigenvalue weighted by molar-refractivity contribution is 5.78. The Morgan fingerprint density at radius 1 is 1.17 bits per heavy atom. The molecular formula is C23H20F2N2O3. The van der Waals surface area contributed by atoms with Gasteiger partial charge in [0, 0.05) is 30.1 Å². The number of amides is 1. The standard InChI is InChI=1S/C23H20F2N2O3/c1-15-10-17(6-7-19(15)24)30-22-8-9-26-11-18(22)21-13-29-14-23(28)27(21)12-16-4-2-3-5-20(16)25/h2-11,21H,12-14H2,1H3. The molecule has 0 aliphatic carbocycles. The summed E-state index contributed by atoms with van der Waals surface area (Å²) in [6.07, 6.45) is 3.18. The van der Waals surface area contributed by atoms with Crippen LogP contribution in [0.4, 0.5) is 8.78 Å². The summed E-state index contributed by atoms with van der Waals surface area (Å²) in [6, 6.07) is 12.0. The van der Waals surface area contributed by atoms with E-state index in [0.717, 1.165) is 0 Å². The fraction of sp³-hybridized carbons (Fsp3) is 0.217. The maximum Gasteiger partial charge on any atom is 0.249 e. The van der Waals surface area contributed by atoms with Crippen LogP contribution in [0.25, 0.3) is 0 Å². The van der Waals surface area contributed by atoms with E-state index in [1.54, 1.807) is 54.5 Å². The normalized spacial score (nSPS) is 16.6. The molecule has 0 bridgehead atoms. The number of rotatable bonds is 5. The van der Waals surface area contributed by atoms with Crippen LogP contribution in [0, 0.1) is 18.6 Å². The van der Waals surface area contributed by atoms with Crippen LogP contribution in [-0.2, 0) is 16.1 Å². The Bertz CT molecular complexity index is 1070. The number of halogens is 2. The van der Waals surface area contributed by atoms with Crippen molar-refractivity contribution in [3.63, 3.8) is 0 Å². The third kappa shape index (κ3) is 4.16. The molecule has 2 aromatic carbocycles. The van der Waals surface area contributed by atoms with Gasteiger partial charge in [0.25, 0.3) is 0 Å². The smallest absolute Gasteiger partial charge is 0.249 e. The zero-order chi connectivity index (χ0) is 21.1. The predicted molar refractivity (Wildman–Crippen MR) is 106 cm³/mol. The van der Waals surface area contributed by atoms with E-state index in [2.05, 4.69) is 4.98 Å². The van der Waals surface area contributed by atoms with Gasteiger partial charge in [0.05, 0.1) is 12.6 Å². The van der Waals surface area contributed by atoms with Crippen LogP contribution in [0.15, 0.2) is 60.9 Å². The SMILES string of the molecule is Cc1cc(Oc2ccncc2C2COCC(=O)N2Cc2ccccc2F)ccc1F. The molecular weight excluding hydrogens is 390 g/mol. The summed E-state index contributed by atoms with van der Waals surface area (Å²) < 4.78 is 39.2. The maximum absolute atomic E-state index is 14.2. The lowest BCUT2D eigenvalue weighted by atomic mass is 10.0. The van der Waals surface area contributed by atoms with Gasteiger partial charge in [0.15, 0.2) is 0 Å². The zero-order valence-electron chi connectivity index (χ0n) is 16.3. The number of benzene rings is 2. The van der Waals surface area contributed by atoms with Crippen molar-refractivity contribution in [3.05, 3.63) is 89.2 Å². The first-order chi connectivity index (χ1) is 14.5. The van der Waals surface area contributed by atoms with Crippen LogP contribution in [0.3, 0.4) is 0 Å². The van der Waals surface area contributed by atoms with Gasteiger partial charge < -0.3 is 14.4 Å². The van der Waals surface area contributed by atoms with E-state index in [1.165, 1.54) is 18.2 Å². The van der Waals surface area contributed by atoms with Gasteiger partial charge in [0.1, 0.15) is 29.7 Å². The van der Waals surface area contributed by atoms with E-state index < -0.39 is 6.04 Å². The minimum Gasteiger partial charge on any atom is -0.457 e. The van der Waals surface area contributed by atoms with E-state index in [-0.39, 0.29) is 37.3 Å². The van der Waals surface area contributed by atoms with Crippen molar-refractivity contribution >= 4 is 5.91 Å². The second kappa shape index (κ2) is 8.59. The lowest BCUT2D eigenvalue weighted by molar-refractivity contribution is -0.149. The molecule has 4 rings (SSSR count). The molecule has 1 unspecified atom stereocenters. The van der Waals surface area contributed by atoms with Crippen LogP contribution in [0.2, 0.25) is 0 Å². The Morgan fingerprint density at radius 3 is 2.80 bits per heavy atom. The largest absolute Gasteiger partial charge is 0.457 e. The van der Waals surface area contributed by atoms with Gasteiger partial charge in [-0.1, -0.05) is 18.2 Å². The fourth-order valence-electron chi connectivity index (χ4n) is 3.42. The monoisotopic (exact) mass is 410 g/mol. The minimum atomic E-state index is -0.504. The lowest BCUT2D eigenvalue weighted by Gasteiger charge is -2.36. The molecule has 1 fully saturated rings. The Morgan fingerprint density at radius 2 is 2.00 bits per heavy atom. The van der Waals surface area contributed by atoms with Crippen molar-refractivity contribution in [2.45, 2.75) is 19.5 Å². The maximum atomic E-state index is 14.2. The van der Waals surface area contributed by atoms with Crippen LogP contribution < -0.4 is 4.74 Å². The molecule has 5 nitrogen and oxygen atoms in total. The van der Waals surface area contributed by atoms with Gasteiger partial charge >= 0.3 is 0 Å². The molecule has 3 aromatic rings. The van der Waals surface area contributed by atoms with Crippen LogP contribution in [-0.4, -0.2) is 29.0 Å². The molecule has 154 valence electrons. The second-order valence-electron chi connectivity index (χ2n) is 7.07. The highest BCUT2D eigenvalue weighted by Gasteiger charge is 2.32. The molecule has 0 spiro atoms.